The van der Waals surface area contributed by atoms with Gasteiger partial charge in [0.1, 0.15) is 0 Å². The highest BCUT2D eigenvalue weighted by molar-refractivity contribution is 7.09. The zero-order chi connectivity index (χ0) is 14.5. The first-order valence-corrected chi connectivity index (χ1v) is 7.42. The second-order valence-electron chi connectivity index (χ2n) is 4.66. The smallest absolute Gasteiger partial charge is 0.253 e. The van der Waals surface area contributed by atoms with E-state index in [1.165, 1.54) is 0 Å². The van der Waals surface area contributed by atoms with E-state index in [1.54, 1.807) is 16.2 Å². The summed E-state index contributed by atoms with van der Waals surface area (Å²) in [5.74, 6) is 0.0362. The molecule has 0 atom stereocenters. The van der Waals surface area contributed by atoms with E-state index in [-0.39, 0.29) is 5.91 Å². The Hall–Kier alpha value is -1.72. The molecule has 106 valence electrons. The molecule has 0 fully saturated rings. The molecule has 0 unspecified atom stereocenters. The Morgan fingerprint density at radius 1 is 1.45 bits per heavy atom. The van der Waals surface area contributed by atoms with E-state index < -0.39 is 0 Å². The number of carbonyl (C=O) groups is 1. The Bertz CT molecular complexity index is 594. The van der Waals surface area contributed by atoms with Gasteiger partial charge in [-0.05, 0) is 26.1 Å². The van der Waals surface area contributed by atoms with Crippen molar-refractivity contribution in [2.75, 3.05) is 27.2 Å². The number of thiazole rings is 1. The molecule has 1 amide bonds. The summed E-state index contributed by atoms with van der Waals surface area (Å²) in [4.78, 5) is 18.5. The van der Waals surface area contributed by atoms with Gasteiger partial charge in [0.2, 0.25) is 0 Å². The summed E-state index contributed by atoms with van der Waals surface area (Å²) in [5, 5.41) is 6.09. The molecule has 1 heterocycles. The standard InChI is InChI=1S/C15H19N3OS/c1-11-17-14(10-20-11)12-5-4-6-13(9-12)15(19)18(3)8-7-16-2/h4-6,9-10,16H,7-8H2,1-3H3. The lowest BCUT2D eigenvalue weighted by atomic mass is 10.1. The van der Waals surface area contributed by atoms with Crippen LogP contribution in [-0.4, -0.2) is 43.0 Å². The lowest BCUT2D eigenvalue weighted by Gasteiger charge is -2.17. The van der Waals surface area contributed by atoms with Gasteiger partial charge in [0.15, 0.2) is 0 Å². The van der Waals surface area contributed by atoms with Crippen LogP contribution >= 0.6 is 11.3 Å². The van der Waals surface area contributed by atoms with E-state index in [0.29, 0.717) is 12.1 Å². The molecule has 0 aliphatic rings. The number of nitrogens with zero attached hydrogens (tertiary/aromatic N) is 2. The van der Waals surface area contributed by atoms with Crippen molar-refractivity contribution >= 4 is 17.2 Å². The lowest BCUT2D eigenvalue weighted by Crippen LogP contribution is -2.32. The molecular weight excluding hydrogens is 270 g/mol. The fourth-order valence-electron chi connectivity index (χ4n) is 1.91. The van der Waals surface area contributed by atoms with Crippen LogP contribution in [0.5, 0.6) is 0 Å². The first-order chi connectivity index (χ1) is 9.61. The summed E-state index contributed by atoms with van der Waals surface area (Å²) in [7, 11) is 3.70. The van der Waals surface area contributed by atoms with E-state index in [0.717, 1.165) is 22.8 Å². The van der Waals surface area contributed by atoms with E-state index in [9.17, 15) is 4.79 Å². The number of likely N-dealkylation sites (N-methyl/N-ethyl adjacent to an activating group) is 2. The summed E-state index contributed by atoms with van der Waals surface area (Å²) < 4.78 is 0. The van der Waals surface area contributed by atoms with Crippen molar-refractivity contribution in [3.8, 4) is 11.3 Å². The van der Waals surface area contributed by atoms with Crippen molar-refractivity contribution in [3.05, 3.63) is 40.2 Å². The van der Waals surface area contributed by atoms with Gasteiger partial charge in [0.05, 0.1) is 10.7 Å². The highest BCUT2D eigenvalue weighted by atomic mass is 32.1. The van der Waals surface area contributed by atoms with Gasteiger partial charge in [-0.25, -0.2) is 4.98 Å². The number of benzene rings is 1. The summed E-state index contributed by atoms with van der Waals surface area (Å²) in [6.45, 7) is 3.46. The highest BCUT2D eigenvalue weighted by Gasteiger charge is 2.12. The fourth-order valence-corrected chi connectivity index (χ4v) is 2.53. The highest BCUT2D eigenvalue weighted by Crippen LogP contribution is 2.22. The number of nitrogens with one attached hydrogen (secondary N) is 1. The number of carbonyl (C=O) groups excluding carboxylic acids is 1. The monoisotopic (exact) mass is 289 g/mol. The number of hydrogen-bond acceptors (Lipinski definition) is 4. The van der Waals surface area contributed by atoms with Crippen LogP contribution in [0.15, 0.2) is 29.6 Å². The van der Waals surface area contributed by atoms with Crippen molar-refractivity contribution < 1.29 is 4.79 Å². The maximum atomic E-state index is 12.3. The van der Waals surface area contributed by atoms with Crippen molar-refractivity contribution in [3.63, 3.8) is 0 Å². The molecule has 0 saturated carbocycles. The molecule has 0 spiro atoms. The average Bonchev–Trinajstić information content (AvgIpc) is 2.90. The molecule has 0 aliphatic carbocycles. The van der Waals surface area contributed by atoms with Gasteiger partial charge >= 0.3 is 0 Å². The quantitative estimate of drug-likeness (QED) is 0.919. The second-order valence-corrected chi connectivity index (χ2v) is 5.73. The minimum absolute atomic E-state index is 0.0362. The third kappa shape index (κ3) is 3.43. The van der Waals surface area contributed by atoms with Crippen LogP contribution in [0, 0.1) is 6.92 Å². The number of rotatable bonds is 5. The molecule has 2 rings (SSSR count). The molecule has 20 heavy (non-hydrogen) atoms. The molecule has 5 heteroatoms. The molecule has 2 aromatic rings. The topological polar surface area (TPSA) is 45.2 Å². The van der Waals surface area contributed by atoms with Crippen molar-refractivity contribution in [2.24, 2.45) is 0 Å². The Kier molecular flexibility index (Phi) is 4.87. The third-order valence-electron chi connectivity index (χ3n) is 3.07. The molecule has 0 bridgehead atoms. The normalized spacial score (nSPS) is 10.6. The lowest BCUT2D eigenvalue weighted by molar-refractivity contribution is 0.0797. The largest absolute Gasteiger partial charge is 0.340 e. The number of aromatic nitrogens is 1. The second kappa shape index (κ2) is 6.63. The van der Waals surface area contributed by atoms with Crippen LogP contribution in [-0.2, 0) is 0 Å². The van der Waals surface area contributed by atoms with Gasteiger partial charge in [-0.15, -0.1) is 11.3 Å². The summed E-state index contributed by atoms with van der Waals surface area (Å²) in [5.41, 5.74) is 2.62. The Balaban J connectivity index is 2.19. The van der Waals surface area contributed by atoms with Crippen molar-refractivity contribution in [2.45, 2.75) is 6.92 Å². The minimum Gasteiger partial charge on any atom is -0.340 e. The first-order valence-electron chi connectivity index (χ1n) is 6.54. The predicted molar refractivity (Wildman–Crippen MR) is 83.2 cm³/mol. The fraction of sp³-hybridized carbons (Fsp3) is 0.333. The average molecular weight is 289 g/mol. The van der Waals surface area contributed by atoms with Crippen LogP contribution < -0.4 is 5.32 Å². The maximum absolute atomic E-state index is 12.3. The van der Waals surface area contributed by atoms with E-state index >= 15 is 0 Å². The van der Waals surface area contributed by atoms with Crippen LogP contribution in [0.2, 0.25) is 0 Å². The summed E-state index contributed by atoms with van der Waals surface area (Å²) in [6.07, 6.45) is 0. The molecule has 1 aromatic heterocycles. The SMILES string of the molecule is CNCCN(C)C(=O)c1cccc(-c2csc(C)n2)c1. The molecule has 4 nitrogen and oxygen atoms in total. The number of aryl methyl sites for hydroxylation is 1. The number of amides is 1. The van der Waals surface area contributed by atoms with Gasteiger partial charge in [-0.1, -0.05) is 12.1 Å². The van der Waals surface area contributed by atoms with E-state index in [2.05, 4.69) is 10.3 Å². The van der Waals surface area contributed by atoms with Gasteiger partial charge < -0.3 is 10.2 Å². The van der Waals surface area contributed by atoms with Crippen molar-refractivity contribution in [1.82, 2.24) is 15.2 Å². The van der Waals surface area contributed by atoms with Gasteiger partial charge in [-0.3, -0.25) is 4.79 Å². The first kappa shape index (κ1) is 14.7. The molecule has 1 N–H and O–H groups in total. The molecule has 0 aliphatic heterocycles. The third-order valence-corrected chi connectivity index (χ3v) is 3.84. The van der Waals surface area contributed by atoms with E-state index in [1.807, 2.05) is 50.7 Å². The molecular formula is C15H19N3OS. The predicted octanol–water partition coefficient (Wildman–Crippen LogP) is 2.41. The minimum atomic E-state index is 0.0362. The zero-order valence-corrected chi connectivity index (χ0v) is 12.8. The molecule has 1 aromatic carbocycles. The Morgan fingerprint density at radius 2 is 2.25 bits per heavy atom. The summed E-state index contributed by atoms with van der Waals surface area (Å²) >= 11 is 1.62. The van der Waals surface area contributed by atoms with Gasteiger partial charge in [-0.2, -0.15) is 0 Å². The van der Waals surface area contributed by atoms with E-state index in [4.69, 9.17) is 0 Å². The van der Waals surface area contributed by atoms with Gasteiger partial charge in [0, 0.05) is 36.6 Å². The molecule has 0 saturated heterocycles. The van der Waals surface area contributed by atoms with Gasteiger partial charge in [0.25, 0.3) is 5.91 Å². The van der Waals surface area contributed by atoms with Crippen molar-refractivity contribution in [1.29, 1.82) is 0 Å². The van der Waals surface area contributed by atoms with Crippen LogP contribution in [0.1, 0.15) is 15.4 Å². The number of hydrogen-bond donors (Lipinski definition) is 1. The Labute approximate surface area is 123 Å². The van der Waals surface area contributed by atoms with Crippen LogP contribution in [0.3, 0.4) is 0 Å². The maximum Gasteiger partial charge on any atom is 0.253 e. The molecule has 0 radical (unpaired) electrons. The van der Waals surface area contributed by atoms with Crippen LogP contribution in [0.25, 0.3) is 11.3 Å². The van der Waals surface area contributed by atoms with Crippen LogP contribution in [0.4, 0.5) is 0 Å². The summed E-state index contributed by atoms with van der Waals surface area (Å²) in [6, 6.07) is 7.65. The Morgan fingerprint density at radius 3 is 2.90 bits per heavy atom. The zero-order valence-electron chi connectivity index (χ0n) is 12.0.